The molecule has 0 bridgehead atoms. The second kappa shape index (κ2) is 13.8. The Kier molecular flexibility index (Phi) is 7.78. The first-order valence-corrected chi connectivity index (χ1v) is 21.9. The molecule has 0 aliphatic carbocycles. The molecular formula is C58H36N2OS. The highest BCUT2D eigenvalue weighted by Gasteiger charge is 2.24. The van der Waals surface area contributed by atoms with Crippen LogP contribution < -0.4 is 4.90 Å². The largest absolute Gasteiger partial charge is 0.455 e. The molecule has 0 N–H and O–H groups in total. The number of thiophene rings is 1. The molecular weight excluding hydrogens is 773 g/mol. The predicted molar refractivity (Wildman–Crippen MR) is 264 cm³/mol. The fourth-order valence-corrected chi connectivity index (χ4v) is 11.1. The van der Waals surface area contributed by atoms with Crippen LogP contribution in [-0.4, -0.2) is 4.57 Å². The van der Waals surface area contributed by atoms with Crippen molar-refractivity contribution in [2.24, 2.45) is 0 Å². The molecule has 0 fully saturated rings. The molecule has 0 aliphatic rings. The first-order valence-electron chi connectivity index (χ1n) is 21.1. The van der Waals surface area contributed by atoms with Gasteiger partial charge in [-0.2, -0.15) is 0 Å². The summed E-state index contributed by atoms with van der Waals surface area (Å²) < 4.78 is 12.0. The van der Waals surface area contributed by atoms with Gasteiger partial charge >= 0.3 is 0 Å². The van der Waals surface area contributed by atoms with Gasteiger partial charge in [0.1, 0.15) is 11.2 Å². The Morgan fingerprint density at radius 3 is 1.89 bits per heavy atom. The first kappa shape index (κ1) is 34.9. The van der Waals surface area contributed by atoms with Gasteiger partial charge in [-0.05, 0) is 88.8 Å². The second-order valence-corrected chi connectivity index (χ2v) is 17.1. The molecule has 290 valence electrons. The van der Waals surface area contributed by atoms with Gasteiger partial charge in [0.2, 0.25) is 0 Å². The van der Waals surface area contributed by atoms with Gasteiger partial charge in [0.25, 0.3) is 0 Å². The highest BCUT2D eigenvalue weighted by atomic mass is 32.1. The number of furan rings is 1. The fourth-order valence-electron chi connectivity index (χ4n) is 9.81. The van der Waals surface area contributed by atoms with Gasteiger partial charge in [0.15, 0.2) is 0 Å². The smallest absolute Gasteiger partial charge is 0.145 e. The number of para-hydroxylation sites is 3. The average Bonchev–Trinajstić information content (AvgIpc) is 4.02. The van der Waals surface area contributed by atoms with Crippen LogP contribution in [0, 0.1) is 0 Å². The Morgan fingerprint density at radius 1 is 0.419 bits per heavy atom. The highest BCUT2D eigenvalue weighted by Crippen LogP contribution is 2.48. The number of fused-ring (bicyclic) bond motifs is 10. The molecule has 62 heavy (non-hydrogen) atoms. The summed E-state index contributed by atoms with van der Waals surface area (Å²) in [6, 6.07) is 79.1. The van der Waals surface area contributed by atoms with Crippen LogP contribution in [0.25, 0.3) is 103 Å². The predicted octanol–water partition coefficient (Wildman–Crippen LogP) is 17.0. The van der Waals surface area contributed by atoms with Gasteiger partial charge in [-0.1, -0.05) is 152 Å². The minimum atomic E-state index is 0.861. The van der Waals surface area contributed by atoms with E-state index in [0.29, 0.717) is 0 Å². The molecule has 0 unspecified atom stereocenters. The highest BCUT2D eigenvalue weighted by molar-refractivity contribution is 7.26. The quantitative estimate of drug-likeness (QED) is 0.167. The van der Waals surface area contributed by atoms with Crippen LogP contribution >= 0.6 is 11.3 Å². The van der Waals surface area contributed by atoms with Crippen molar-refractivity contribution in [1.29, 1.82) is 0 Å². The summed E-state index contributed by atoms with van der Waals surface area (Å²) in [7, 11) is 0. The third kappa shape index (κ3) is 5.30. The SMILES string of the molecule is c1cc(-c2ccc(N(c3ccc(-c4cccc5c4sc4ccccc45)cc3)c3cccc4ccccc34)c3c2oc2ccccc23)cc(-n2c3ccccc3c3ccccc32)c1. The maximum absolute atomic E-state index is 6.97. The topological polar surface area (TPSA) is 21.3 Å². The monoisotopic (exact) mass is 808 g/mol. The molecule has 3 nitrogen and oxygen atoms in total. The number of nitrogens with zero attached hydrogens (tertiary/aromatic N) is 2. The van der Waals surface area contributed by atoms with Gasteiger partial charge in [-0.15, -0.1) is 11.3 Å². The van der Waals surface area contributed by atoms with E-state index in [0.717, 1.165) is 55.8 Å². The molecule has 4 heteroatoms. The molecule has 0 atom stereocenters. The minimum absolute atomic E-state index is 0.861. The van der Waals surface area contributed by atoms with E-state index in [2.05, 4.69) is 228 Å². The van der Waals surface area contributed by atoms with Crippen LogP contribution in [-0.2, 0) is 0 Å². The maximum Gasteiger partial charge on any atom is 0.145 e. The van der Waals surface area contributed by atoms with E-state index in [-0.39, 0.29) is 0 Å². The maximum atomic E-state index is 6.97. The lowest BCUT2D eigenvalue weighted by Crippen LogP contribution is -2.11. The Labute approximate surface area is 361 Å². The molecule has 3 aromatic heterocycles. The number of hydrogen-bond acceptors (Lipinski definition) is 3. The number of aromatic nitrogens is 1. The van der Waals surface area contributed by atoms with Crippen LogP contribution in [0.1, 0.15) is 0 Å². The van der Waals surface area contributed by atoms with E-state index < -0.39 is 0 Å². The summed E-state index contributed by atoms with van der Waals surface area (Å²) in [5, 5.41) is 9.63. The van der Waals surface area contributed by atoms with Crippen LogP contribution in [0.2, 0.25) is 0 Å². The van der Waals surface area contributed by atoms with Gasteiger partial charge < -0.3 is 13.9 Å². The minimum Gasteiger partial charge on any atom is -0.455 e. The van der Waals surface area contributed by atoms with E-state index in [9.17, 15) is 0 Å². The van der Waals surface area contributed by atoms with E-state index in [1.165, 1.54) is 63.9 Å². The van der Waals surface area contributed by atoms with Crippen molar-refractivity contribution in [3.63, 3.8) is 0 Å². The molecule has 0 amide bonds. The molecule has 0 radical (unpaired) electrons. The zero-order chi connectivity index (χ0) is 40.7. The standard InChI is InChI=1S/C58H36N2OS/c1-2-18-42-37(14-1)15-12-27-50(42)59(40-32-30-38(31-33-40)44-23-13-24-48-47-21-6-10-29-55(47)62-58(44)48)53-35-34-43(57-56(53)49-22-5-9-28-54(49)61-57)39-16-11-17-41(36-39)60-51-25-7-3-19-45(51)46-20-4-8-26-52(46)60/h1-36H. The second-order valence-electron chi connectivity index (χ2n) is 16.0. The number of hydrogen-bond donors (Lipinski definition) is 0. The summed E-state index contributed by atoms with van der Waals surface area (Å²) in [6.07, 6.45) is 0. The average molecular weight is 809 g/mol. The lowest BCUT2D eigenvalue weighted by molar-refractivity contribution is 0.670. The summed E-state index contributed by atoms with van der Waals surface area (Å²) in [4.78, 5) is 2.43. The fraction of sp³-hybridized carbons (Fsp3) is 0. The van der Waals surface area contributed by atoms with Crippen LogP contribution in [0.4, 0.5) is 17.1 Å². The number of benzene rings is 10. The Hall–Kier alpha value is -7.92. The lowest BCUT2D eigenvalue weighted by Gasteiger charge is -2.28. The number of rotatable bonds is 6. The van der Waals surface area contributed by atoms with Crippen LogP contribution in [0.5, 0.6) is 0 Å². The Balaban J connectivity index is 1.02. The Bertz CT molecular complexity index is 3830. The van der Waals surface area contributed by atoms with Crippen molar-refractivity contribution in [3.05, 3.63) is 218 Å². The van der Waals surface area contributed by atoms with E-state index in [1.807, 2.05) is 11.3 Å². The normalized spacial score (nSPS) is 11.9. The van der Waals surface area contributed by atoms with Crippen molar-refractivity contribution in [1.82, 2.24) is 4.57 Å². The van der Waals surface area contributed by atoms with Gasteiger partial charge in [-0.25, -0.2) is 0 Å². The third-order valence-corrected chi connectivity index (χ3v) is 13.8. The zero-order valence-corrected chi connectivity index (χ0v) is 34.3. The summed E-state index contributed by atoms with van der Waals surface area (Å²) >= 11 is 1.87. The van der Waals surface area contributed by atoms with Crippen LogP contribution in [0.15, 0.2) is 223 Å². The summed E-state index contributed by atoms with van der Waals surface area (Å²) in [5.74, 6) is 0. The van der Waals surface area contributed by atoms with Crippen molar-refractivity contribution in [3.8, 4) is 27.9 Å². The molecule has 13 rings (SSSR count). The van der Waals surface area contributed by atoms with E-state index in [1.54, 1.807) is 0 Å². The van der Waals surface area contributed by atoms with Crippen molar-refractivity contribution in [2.45, 2.75) is 0 Å². The van der Waals surface area contributed by atoms with Gasteiger partial charge in [-0.3, -0.25) is 0 Å². The Morgan fingerprint density at radius 2 is 1.06 bits per heavy atom. The lowest BCUT2D eigenvalue weighted by atomic mass is 9.98. The molecule has 0 saturated heterocycles. The van der Waals surface area contributed by atoms with Crippen molar-refractivity contribution >= 4 is 103 Å². The molecule has 0 spiro atoms. The number of anilines is 3. The summed E-state index contributed by atoms with van der Waals surface area (Å²) in [6.45, 7) is 0. The van der Waals surface area contributed by atoms with Gasteiger partial charge in [0, 0.05) is 58.7 Å². The summed E-state index contributed by atoms with van der Waals surface area (Å²) in [5.41, 5.74) is 13.0. The molecule has 0 saturated carbocycles. The molecule has 0 aliphatic heterocycles. The first-order chi connectivity index (χ1) is 30.8. The van der Waals surface area contributed by atoms with E-state index >= 15 is 0 Å². The van der Waals surface area contributed by atoms with Crippen molar-refractivity contribution in [2.75, 3.05) is 4.90 Å². The van der Waals surface area contributed by atoms with Crippen LogP contribution in [0.3, 0.4) is 0 Å². The van der Waals surface area contributed by atoms with Crippen molar-refractivity contribution < 1.29 is 4.42 Å². The third-order valence-electron chi connectivity index (χ3n) is 12.6. The zero-order valence-electron chi connectivity index (χ0n) is 33.5. The molecule has 10 aromatic carbocycles. The van der Waals surface area contributed by atoms with Gasteiger partial charge in [0.05, 0.1) is 27.8 Å². The van der Waals surface area contributed by atoms with E-state index in [4.69, 9.17) is 4.42 Å². The molecule has 3 heterocycles. The molecule has 13 aromatic rings.